The first kappa shape index (κ1) is 17.6. The average Bonchev–Trinajstić information content (AvgIpc) is 2.75. The Kier molecular flexibility index (Phi) is 5.42. The third kappa shape index (κ3) is 4.38. The lowest BCUT2D eigenvalue weighted by atomic mass is 9.74. The van der Waals surface area contributed by atoms with E-state index in [2.05, 4.69) is 5.32 Å². The molecule has 0 aromatic carbocycles. The van der Waals surface area contributed by atoms with Crippen LogP contribution in [0.4, 0.5) is 0 Å². The van der Waals surface area contributed by atoms with Crippen LogP contribution >= 0.6 is 11.8 Å². The number of nitrogens with one attached hydrogen (secondary N) is 1. The summed E-state index contributed by atoms with van der Waals surface area (Å²) < 4.78 is 22.8. The number of hydrogen-bond donors (Lipinski definition) is 2. The van der Waals surface area contributed by atoms with Crippen molar-refractivity contribution in [3.8, 4) is 0 Å². The Hall–Kier alpha value is -0.760. The quantitative estimate of drug-likeness (QED) is 0.770. The van der Waals surface area contributed by atoms with Gasteiger partial charge in [0.05, 0.1) is 28.7 Å². The van der Waals surface area contributed by atoms with Crippen LogP contribution < -0.4 is 5.32 Å². The lowest BCUT2D eigenvalue weighted by molar-refractivity contribution is -0.146. The molecule has 6 nitrogen and oxygen atoms in total. The first-order chi connectivity index (χ1) is 10.2. The van der Waals surface area contributed by atoms with Crippen LogP contribution in [0.2, 0.25) is 0 Å². The van der Waals surface area contributed by atoms with Crippen molar-refractivity contribution in [3.63, 3.8) is 0 Å². The molecule has 3 unspecified atom stereocenters. The van der Waals surface area contributed by atoms with E-state index in [1.807, 2.05) is 0 Å². The van der Waals surface area contributed by atoms with E-state index in [4.69, 9.17) is 0 Å². The van der Waals surface area contributed by atoms with Gasteiger partial charge in [-0.3, -0.25) is 9.59 Å². The molecule has 2 rings (SSSR count). The third-order valence-electron chi connectivity index (χ3n) is 4.57. The van der Waals surface area contributed by atoms with Gasteiger partial charge in [0.2, 0.25) is 5.91 Å². The van der Waals surface area contributed by atoms with Gasteiger partial charge in [-0.2, -0.15) is 0 Å². The van der Waals surface area contributed by atoms with Gasteiger partial charge in [0.25, 0.3) is 0 Å². The Labute approximate surface area is 135 Å². The fourth-order valence-corrected chi connectivity index (χ4v) is 6.76. The van der Waals surface area contributed by atoms with E-state index in [0.717, 1.165) is 12.8 Å². The van der Waals surface area contributed by atoms with Crippen molar-refractivity contribution in [3.05, 3.63) is 0 Å². The molecular formula is C14H23NO5S2. The van der Waals surface area contributed by atoms with E-state index in [-0.39, 0.29) is 28.4 Å². The summed E-state index contributed by atoms with van der Waals surface area (Å²) in [6, 6.07) is 0. The monoisotopic (exact) mass is 349 g/mol. The number of rotatable bonds is 5. The molecule has 0 bridgehead atoms. The van der Waals surface area contributed by atoms with Crippen LogP contribution in [0, 0.1) is 5.92 Å². The van der Waals surface area contributed by atoms with Crippen molar-refractivity contribution in [2.45, 2.75) is 49.8 Å². The number of thioether (sulfide) groups is 1. The molecule has 0 spiro atoms. The highest BCUT2D eigenvalue weighted by Gasteiger charge is 2.42. The van der Waals surface area contributed by atoms with Gasteiger partial charge >= 0.3 is 5.97 Å². The van der Waals surface area contributed by atoms with Crippen molar-refractivity contribution >= 4 is 33.5 Å². The number of carboxylic acid groups (broad SMARTS) is 1. The van der Waals surface area contributed by atoms with Crippen LogP contribution in [0.15, 0.2) is 0 Å². The van der Waals surface area contributed by atoms with Gasteiger partial charge in [0.1, 0.15) is 0 Å². The van der Waals surface area contributed by atoms with Crippen LogP contribution in [0.25, 0.3) is 0 Å². The van der Waals surface area contributed by atoms with Crippen LogP contribution in [0.1, 0.15) is 39.0 Å². The Morgan fingerprint density at radius 2 is 2.05 bits per heavy atom. The van der Waals surface area contributed by atoms with Gasteiger partial charge in [-0.05, 0) is 26.2 Å². The summed E-state index contributed by atoms with van der Waals surface area (Å²) in [4.78, 5) is 23.5. The standard InChI is InChI=1S/C14H23NO5S2/c1-14(6-3-2-4-11(14)13(17)18)15-12(16)8-21-10-5-7-22(19,20)9-10/h10-11H,2-9H2,1H3,(H,15,16)(H,17,18). The smallest absolute Gasteiger partial charge is 0.308 e. The zero-order valence-corrected chi connectivity index (χ0v) is 14.3. The largest absolute Gasteiger partial charge is 0.481 e. The minimum Gasteiger partial charge on any atom is -0.481 e. The molecule has 1 amide bonds. The number of carbonyl (C=O) groups excluding carboxylic acids is 1. The van der Waals surface area contributed by atoms with Crippen LogP contribution in [-0.4, -0.2) is 53.4 Å². The normalized spacial score (nSPS) is 34.2. The number of amides is 1. The molecule has 2 fully saturated rings. The van der Waals surface area contributed by atoms with E-state index in [0.29, 0.717) is 19.3 Å². The summed E-state index contributed by atoms with van der Waals surface area (Å²) in [5.41, 5.74) is -0.705. The van der Waals surface area contributed by atoms with Crippen molar-refractivity contribution in [1.82, 2.24) is 5.32 Å². The van der Waals surface area contributed by atoms with Gasteiger partial charge in [-0.1, -0.05) is 12.8 Å². The molecule has 3 atom stereocenters. The second kappa shape index (κ2) is 6.78. The predicted molar refractivity (Wildman–Crippen MR) is 85.7 cm³/mol. The molecule has 1 saturated heterocycles. The highest BCUT2D eigenvalue weighted by atomic mass is 32.2. The SMILES string of the molecule is CC1(NC(=O)CSC2CCS(=O)(=O)C2)CCCCC1C(=O)O. The maximum absolute atomic E-state index is 12.1. The lowest BCUT2D eigenvalue weighted by Gasteiger charge is -2.39. The molecule has 1 heterocycles. The Balaban J connectivity index is 1.86. The minimum atomic E-state index is -2.93. The molecule has 0 aromatic rings. The molecule has 2 N–H and O–H groups in total. The molecule has 22 heavy (non-hydrogen) atoms. The van der Waals surface area contributed by atoms with Gasteiger partial charge < -0.3 is 10.4 Å². The lowest BCUT2D eigenvalue weighted by Crippen LogP contribution is -2.55. The summed E-state index contributed by atoms with van der Waals surface area (Å²) in [5.74, 6) is -1.10. The maximum Gasteiger partial charge on any atom is 0.308 e. The molecular weight excluding hydrogens is 326 g/mol. The van der Waals surface area contributed by atoms with E-state index in [9.17, 15) is 23.1 Å². The molecule has 126 valence electrons. The van der Waals surface area contributed by atoms with Crippen LogP contribution in [0.5, 0.6) is 0 Å². The number of aliphatic carboxylic acids is 1. The fraction of sp³-hybridized carbons (Fsp3) is 0.857. The van der Waals surface area contributed by atoms with E-state index >= 15 is 0 Å². The highest BCUT2D eigenvalue weighted by molar-refractivity contribution is 8.02. The number of carbonyl (C=O) groups is 2. The van der Waals surface area contributed by atoms with Crippen molar-refractivity contribution < 1.29 is 23.1 Å². The van der Waals surface area contributed by atoms with Crippen molar-refractivity contribution in [2.75, 3.05) is 17.3 Å². The van der Waals surface area contributed by atoms with Gasteiger partial charge in [-0.15, -0.1) is 11.8 Å². The first-order valence-corrected chi connectivity index (χ1v) is 10.4. The predicted octanol–water partition coefficient (Wildman–Crippen LogP) is 1.06. The second-order valence-electron chi connectivity index (χ2n) is 6.44. The van der Waals surface area contributed by atoms with E-state index < -0.39 is 27.3 Å². The molecule has 2 aliphatic rings. The molecule has 0 radical (unpaired) electrons. The van der Waals surface area contributed by atoms with Crippen LogP contribution in [0.3, 0.4) is 0 Å². The van der Waals surface area contributed by atoms with Crippen molar-refractivity contribution in [1.29, 1.82) is 0 Å². The molecule has 1 saturated carbocycles. The molecule has 0 aromatic heterocycles. The Morgan fingerprint density at radius 3 is 2.64 bits per heavy atom. The highest BCUT2D eigenvalue weighted by Crippen LogP contribution is 2.34. The average molecular weight is 349 g/mol. The van der Waals surface area contributed by atoms with Crippen LogP contribution in [-0.2, 0) is 19.4 Å². The summed E-state index contributed by atoms with van der Waals surface area (Å²) in [5, 5.41) is 12.2. The fourth-order valence-electron chi connectivity index (χ4n) is 3.32. The second-order valence-corrected chi connectivity index (χ2v) is 9.96. The summed E-state index contributed by atoms with van der Waals surface area (Å²) in [6.07, 6.45) is 3.62. The minimum absolute atomic E-state index is 0.0230. The summed E-state index contributed by atoms with van der Waals surface area (Å²) in [7, 11) is -2.93. The topological polar surface area (TPSA) is 101 Å². The zero-order chi connectivity index (χ0) is 16.4. The first-order valence-electron chi connectivity index (χ1n) is 7.58. The number of sulfone groups is 1. The van der Waals surface area contributed by atoms with Crippen molar-refractivity contribution in [2.24, 2.45) is 5.92 Å². The third-order valence-corrected chi connectivity index (χ3v) is 7.85. The zero-order valence-electron chi connectivity index (χ0n) is 12.7. The molecule has 1 aliphatic heterocycles. The summed E-state index contributed by atoms with van der Waals surface area (Å²) in [6.45, 7) is 1.80. The Morgan fingerprint density at radius 1 is 1.32 bits per heavy atom. The van der Waals surface area contributed by atoms with E-state index in [1.165, 1.54) is 11.8 Å². The number of carboxylic acids is 1. The maximum atomic E-state index is 12.1. The van der Waals surface area contributed by atoms with Gasteiger partial charge in [0, 0.05) is 5.25 Å². The Bertz CT molecular complexity index is 547. The van der Waals surface area contributed by atoms with E-state index in [1.54, 1.807) is 6.92 Å². The van der Waals surface area contributed by atoms with Gasteiger partial charge in [-0.25, -0.2) is 8.42 Å². The van der Waals surface area contributed by atoms with Gasteiger partial charge in [0.15, 0.2) is 9.84 Å². The summed E-state index contributed by atoms with van der Waals surface area (Å²) >= 11 is 1.35. The molecule has 8 heteroatoms. The molecule has 1 aliphatic carbocycles. The number of hydrogen-bond acceptors (Lipinski definition) is 5.